The first kappa shape index (κ1) is 17.2. The van der Waals surface area contributed by atoms with Gasteiger partial charge in [0.1, 0.15) is 0 Å². The second-order valence-corrected chi connectivity index (χ2v) is 5.96. The highest BCUT2D eigenvalue weighted by Gasteiger charge is 2.22. The summed E-state index contributed by atoms with van der Waals surface area (Å²) in [6.07, 6.45) is 1.02. The van der Waals surface area contributed by atoms with Crippen LogP contribution in [0.2, 0.25) is 0 Å². The lowest BCUT2D eigenvalue weighted by atomic mass is 9.96. The minimum absolute atomic E-state index is 0.0609. The maximum atomic E-state index is 12.7. The van der Waals surface area contributed by atoms with E-state index in [1.165, 1.54) is 5.56 Å². The number of hydrogen-bond donors (Lipinski definition) is 1. The molecule has 0 aliphatic carbocycles. The van der Waals surface area contributed by atoms with Crippen molar-refractivity contribution >= 4 is 5.91 Å². The number of aliphatic hydroxyl groups is 1. The molecule has 2 aromatic carbocycles. The molecule has 0 aromatic heterocycles. The van der Waals surface area contributed by atoms with Crippen molar-refractivity contribution in [2.45, 2.75) is 31.7 Å². The molecule has 122 valence electrons. The highest BCUT2D eigenvalue weighted by atomic mass is 16.3. The van der Waals surface area contributed by atoms with E-state index in [4.69, 9.17) is 0 Å². The van der Waals surface area contributed by atoms with Gasteiger partial charge in [-0.25, -0.2) is 0 Å². The Bertz CT molecular complexity index is 598. The molecule has 0 spiro atoms. The predicted octanol–water partition coefficient (Wildman–Crippen LogP) is 3.76. The van der Waals surface area contributed by atoms with Crippen LogP contribution in [-0.4, -0.2) is 29.6 Å². The average Bonchev–Trinajstić information content (AvgIpc) is 2.60. The quantitative estimate of drug-likeness (QED) is 0.845. The van der Waals surface area contributed by atoms with Gasteiger partial charge >= 0.3 is 0 Å². The van der Waals surface area contributed by atoms with Crippen LogP contribution < -0.4 is 0 Å². The molecule has 0 fully saturated rings. The summed E-state index contributed by atoms with van der Waals surface area (Å²) in [5, 5.41) is 9.35. The van der Waals surface area contributed by atoms with E-state index in [0.717, 1.165) is 5.56 Å². The summed E-state index contributed by atoms with van der Waals surface area (Å²) in [5.74, 6) is 0.278. The minimum Gasteiger partial charge on any atom is -0.396 e. The molecule has 2 unspecified atom stereocenters. The lowest BCUT2D eigenvalue weighted by Gasteiger charge is -2.29. The third kappa shape index (κ3) is 4.67. The molecular formula is C20H25NO2. The van der Waals surface area contributed by atoms with Gasteiger partial charge in [0, 0.05) is 20.1 Å². The van der Waals surface area contributed by atoms with Crippen LogP contribution in [0.25, 0.3) is 0 Å². The summed E-state index contributed by atoms with van der Waals surface area (Å²) >= 11 is 0. The number of hydrogen-bond acceptors (Lipinski definition) is 2. The molecule has 23 heavy (non-hydrogen) atoms. The Morgan fingerprint density at radius 3 is 2.04 bits per heavy atom. The molecule has 0 heterocycles. The zero-order valence-corrected chi connectivity index (χ0v) is 13.9. The maximum absolute atomic E-state index is 12.7. The van der Waals surface area contributed by atoms with Gasteiger partial charge in [-0.3, -0.25) is 4.79 Å². The van der Waals surface area contributed by atoms with E-state index in [2.05, 4.69) is 19.1 Å². The van der Waals surface area contributed by atoms with Crippen LogP contribution in [0.4, 0.5) is 0 Å². The van der Waals surface area contributed by atoms with Gasteiger partial charge in [-0.05, 0) is 23.5 Å². The summed E-state index contributed by atoms with van der Waals surface area (Å²) in [5.41, 5.74) is 2.23. The van der Waals surface area contributed by atoms with E-state index < -0.39 is 0 Å². The molecule has 2 aromatic rings. The average molecular weight is 311 g/mol. The van der Waals surface area contributed by atoms with Crippen LogP contribution in [0.3, 0.4) is 0 Å². The largest absolute Gasteiger partial charge is 0.396 e. The van der Waals surface area contributed by atoms with Gasteiger partial charge in [-0.2, -0.15) is 0 Å². The number of carbonyl (C=O) groups is 1. The Hall–Kier alpha value is -2.13. The standard InChI is InChI=1S/C20H25NO2/c1-16(17-9-5-3-6-10-17)15-20(23)21(2)19(13-14-22)18-11-7-4-8-12-18/h3-12,16,19,22H,13-15H2,1-2H3. The van der Waals surface area contributed by atoms with Crippen LogP contribution in [0.15, 0.2) is 60.7 Å². The fourth-order valence-electron chi connectivity index (χ4n) is 2.86. The van der Waals surface area contributed by atoms with E-state index in [1.54, 1.807) is 4.90 Å². The number of aliphatic hydroxyl groups excluding tert-OH is 1. The number of benzene rings is 2. The van der Waals surface area contributed by atoms with Crippen molar-refractivity contribution in [1.82, 2.24) is 4.90 Å². The van der Waals surface area contributed by atoms with Crippen LogP contribution >= 0.6 is 0 Å². The Morgan fingerprint density at radius 1 is 1.00 bits per heavy atom. The molecule has 3 heteroatoms. The number of amides is 1. The fourth-order valence-corrected chi connectivity index (χ4v) is 2.86. The molecular weight excluding hydrogens is 286 g/mol. The molecule has 1 amide bonds. The van der Waals surface area contributed by atoms with E-state index in [-0.39, 0.29) is 24.5 Å². The topological polar surface area (TPSA) is 40.5 Å². The Kier molecular flexibility index (Phi) is 6.36. The molecule has 1 N–H and O–H groups in total. The second-order valence-electron chi connectivity index (χ2n) is 5.96. The normalized spacial score (nSPS) is 13.3. The Labute approximate surface area is 138 Å². The van der Waals surface area contributed by atoms with Crippen LogP contribution in [0.1, 0.15) is 42.9 Å². The second kappa shape index (κ2) is 8.49. The first-order chi connectivity index (χ1) is 11.1. The summed E-state index contributed by atoms with van der Waals surface area (Å²) in [6, 6.07) is 19.9. The van der Waals surface area contributed by atoms with Crippen molar-refractivity contribution in [3.8, 4) is 0 Å². The van der Waals surface area contributed by atoms with E-state index >= 15 is 0 Å². The van der Waals surface area contributed by atoms with Crippen molar-refractivity contribution in [1.29, 1.82) is 0 Å². The summed E-state index contributed by atoms with van der Waals surface area (Å²) in [7, 11) is 1.83. The zero-order valence-electron chi connectivity index (χ0n) is 13.9. The van der Waals surface area contributed by atoms with Crippen molar-refractivity contribution in [2.24, 2.45) is 0 Å². The predicted molar refractivity (Wildman–Crippen MR) is 93.1 cm³/mol. The van der Waals surface area contributed by atoms with Crippen LogP contribution in [0.5, 0.6) is 0 Å². The van der Waals surface area contributed by atoms with Crippen molar-refractivity contribution in [3.63, 3.8) is 0 Å². The lowest BCUT2D eigenvalue weighted by Crippen LogP contribution is -2.32. The molecule has 2 atom stereocenters. The highest BCUT2D eigenvalue weighted by molar-refractivity contribution is 5.77. The van der Waals surface area contributed by atoms with E-state index in [0.29, 0.717) is 12.8 Å². The Morgan fingerprint density at radius 2 is 1.52 bits per heavy atom. The van der Waals surface area contributed by atoms with Crippen molar-refractivity contribution < 1.29 is 9.90 Å². The van der Waals surface area contributed by atoms with Gasteiger partial charge in [0.2, 0.25) is 5.91 Å². The molecule has 0 saturated heterocycles. The summed E-state index contributed by atoms with van der Waals surface area (Å²) in [4.78, 5) is 14.4. The zero-order chi connectivity index (χ0) is 16.7. The molecule has 0 saturated carbocycles. The molecule has 2 rings (SSSR count). The Balaban J connectivity index is 2.07. The molecule has 0 bridgehead atoms. The minimum atomic E-state index is -0.0864. The smallest absolute Gasteiger partial charge is 0.223 e. The number of carbonyl (C=O) groups excluding carboxylic acids is 1. The fraction of sp³-hybridized carbons (Fsp3) is 0.350. The lowest BCUT2D eigenvalue weighted by molar-refractivity contribution is -0.132. The van der Waals surface area contributed by atoms with Crippen molar-refractivity contribution in [3.05, 3.63) is 71.8 Å². The van der Waals surface area contributed by atoms with Crippen LogP contribution in [0, 0.1) is 0 Å². The van der Waals surface area contributed by atoms with E-state index in [9.17, 15) is 9.90 Å². The number of rotatable bonds is 7. The third-order valence-electron chi connectivity index (χ3n) is 4.30. The van der Waals surface area contributed by atoms with Gasteiger partial charge in [-0.1, -0.05) is 67.6 Å². The van der Waals surface area contributed by atoms with E-state index in [1.807, 2.05) is 55.6 Å². The van der Waals surface area contributed by atoms with Gasteiger partial charge in [-0.15, -0.1) is 0 Å². The van der Waals surface area contributed by atoms with Crippen LogP contribution in [-0.2, 0) is 4.79 Å². The first-order valence-corrected chi connectivity index (χ1v) is 8.10. The SMILES string of the molecule is CC(CC(=O)N(C)C(CCO)c1ccccc1)c1ccccc1. The highest BCUT2D eigenvalue weighted by Crippen LogP contribution is 2.26. The van der Waals surface area contributed by atoms with Gasteiger partial charge in [0.25, 0.3) is 0 Å². The molecule has 3 nitrogen and oxygen atoms in total. The third-order valence-corrected chi connectivity index (χ3v) is 4.30. The maximum Gasteiger partial charge on any atom is 0.223 e. The van der Waals surface area contributed by atoms with Gasteiger partial charge in [0.05, 0.1) is 6.04 Å². The molecule has 0 radical (unpaired) electrons. The van der Waals surface area contributed by atoms with Gasteiger partial charge in [0.15, 0.2) is 0 Å². The molecule has 0 aliphatic rings. The molecule has 0 aliphatic heterocycles. The summed E-state index contributed by atoms with van der Waals surface area (Å²) in [6.45, 7) is 2.13. The monoisotopic (exact) mass is 311 g/mol. The van der Waals surface area contributed by atoms with Gasteiger partial charge < -0.3 is 10.0 Å². The van der Waals surface area contributed by atoms with Crippen molar-refractivity contribution in [2.75, 3.05) is 13.7 Å². The summed E-state index contributed by atoms with van der Waals surface area (Å²) < 4.78 is 0. The number of nitrogens with zero attached hydrogens (tertiary/aromatic N) is 1. The first-order valence-electron chi connectivity index (χ1n) is 8.10.